The van der Waals surface area contributed by atoms with Crippen LogP contribution in [0.15, 0.2) is 36.5 Å². The third-order valence-corrected chi connectivity index (χ3v) is 6.56. The van der Waals surface area contributed by atoms with E-state index in [-0.39, 0.29) is 63.4 Å². The molecule has 4 atom stereocenters. The second-order valence-electron chi connectivity index (χ2n) is 11.1. The first kappa shape index (κ1) is 40.2. The van der Waals surface area contributed by atoms with Gasteiger partial charge in [0.05, 0.1) is 33.0 Å². The molecule has 0 aliphatic carbocycles. The van der Waals surface area contributed by atoms with E-state index in [4.69, 9.17) is 33.2 Å². The quantitative estimate of drug-likeness (QED) is 0.0514. The summed E-state index contributed by atoms with van der Waals surface area (Å²) in [6, 6.07) is 0. The first-order valence-electron chi connectivity index (χ1n) is 15.4. The molecule has 0 aromatic heterocycles. The minimum Gasteiger partial charge on any atom is -0.462 e. The van der Waals surface area contributed by atoms with Gasteiger partial charge in [0.15, 0.2) is 6.10 Å². The molecule has 1 aliphatic heterocycles. The van der Waals surface area contributed by atoms with Crippen molar-refractivity contribution in [2.75, 3.05) is 33.0 Å². The molecule has 258 valence electrons. The third kappa shape index (κ3) is 17.6. The van der Waals surface area contributed by atoms with Gasteiger partial charge in [-0.1, -0.05) is 19.7 Å². The Kier molecular flexibility index (Phi) is 19.8. The zero-order valence-corrected chi connectivity index (χ0v) is 27.2. The average molecular weight is 653 g/mol. The normalized spacial score (nSPS) is 17.9. The monoisotopic (exact) mass is 652 g/mol. The molecule has 1 fully saturated rings. The van der Waals surface area contributed by atoms with Gasteiger partial charge in [-0.15, -0.1) is 0 Å². The third-order valence-electron chi connectivity index (χ3n) is 6.56. The molecule has 0 saturated carbocycles. The van der Waals surface area contributed by atoms with E-state index in [1.165, 1.54) is 0 Å². The molecular weight excluding hydrogens is 604 g/mol. The Morgan fingerprint density at radius 2 is 1.20 bits per heavy atom. The van der Waals surface area contributed by atoms with Crippen LogP contribution in [0.1, 0.15) is 78.6 Å². The summed E-state index contributed by atoms with van der Waals surface area (Å²) in [5.41, 5.74) is 0.858. The van der Waals surface area contributed by atoms with Crippen LogP contribution in [-0.2, 0) is 61.9 Å². The summed E-state index contributed by atoms with van der Waals surface area (Å²) in [5.74, 6) is -3.06. The van der Waals surface area contributed by atoms with Crippen LogP contribution < -0.4 is 0 Å². The number of aldehydes is 1. The number of unbranched alkanes of at least 4 members (excludes halogenated alkanes) is 2. The summed E-state index contributed by atoms with van der Waals surface area (Å²) in [5, 5.41) is 0. The standard InChI is InChI=1S/C33H48O13/c1-22(2)31(37)40-15-9-7-13-28(35)45-27-21-44-30(46-29(36)14-8-10-16-41-32(38)23(3)4)18-26(27)43-20-25(19-34)12-11-17-42-33(39)24(5)6/h19,25-27,30H,1,3,5,7-18,20-21H2,2,4,6H3/t25?,26-,27+,30?/m0/s1. The van der Waals surface area contributed by atoms with Crippen molar-refractivity contribution in [1.82, 2.24) is 0 Å². The van der Waals surface area contributed by atoms with Gasteiger partial charge in [-0.3, -0.25) is 9.59 Å². The maximum absolute atomic E-state index is 12.6. The summed E-state index contributed by atoms with van der Waals surface area (Å²) in [7, 11) is 0. The number of hydrogen-bond donors (Lipinski definition) is 0. The molecule has 13 heteroatoms. The van der Waals surface area contributed by atoms with E-state index < -0.39 is 54.3 Å². The lowest BCUT2D eigenvalue weighted by Crippen LogP contribution is -2.47. The van der Waals surface area contributed by atoms with Gasteiger partial charge in [-0.25, -0.2) is 14.4 Å². The number of carbonyl (C=O) groups is 6. The van der Waals surface area contributed by atoms with Gasteiger partial charge in [-0.2, -0.15) is 0 Å². The Morgan fingerprint density at radius 3 is 1.67 bits per heavy atom. The van der Waals surface area contributed by atoms with Crippen molar-refractivity contribution in [2.24, 2.45) is 5.92 Å². The number of rotatable bonds is 23. The highest BCUT2D eigenvalue weighted by molar-refractivity contribution is 5.87. The topological polar surface area (TPSA) is 167 Å². The minimum absolute atomic E-state index is 0.00565. The van der Waals surface area contributed by atoms with Gasteiger partial charge < -0.3 is 38.0 Å². The SMILES string of the molecule is C=C(C)C(=O)OCCCCC(=O)OC1C[C@H](OCC(C=O)CCCOC(=O)C(=C)C)[C@H](OC(=O)CCCCOC(=O)C(=C)C)CO1. The van der Waals surface area contributed by atoms with E-state index in [2.05, 4.69) is 19.7 Å². The maximum atomic E-state index is 12.6. The zero-order chi connectivity index (χ0) is 34.5. The molecule has 2 unspecified atom stereocenters. The highest BCUT2D eigenvalue weighted by Gasteiger charge is 2.37. The number of hydrogen-bond acceptors (Lipinski definition) is 13. The van der Waals surface area contributed by atoms with Gasteiger partial charge in [0.2, 0.25) is 6.29 Å². The van der Waals surface area contributed by atoms with Gasteiger partial charge in [0, 0.05) is 41.9 Å². The molecule has 0 aromatic rings. The summed E-state index contributed by atoms with van der Waals surface area (Å²) in [6.07, 6.45) is 0.953. The highest BCUT2D eigenvalue weighted by atomic mass is 16.7. The summed E-state index contributed by atoms with van der Waals surface area (Å²) in [4.78, 5) is 71.1. The van der Waals surface area contributed by atoms with Crippen LogP contribution in [-0.4, -0.2) is 87.7 Å². The van der Waals surface area contributed by atoms with Crippen LogP contribution in [0, 0.1) is 5.92 Å². The predicted octanol–water partition coefficient (Wildman–Crippen LogP) is 3.87. The maximum Gasteiger partial charge on any atom is 0.333 e. The fourth-order valence-corrected chi connectivity index (χ4v) is 3.91. The number of carbonyl (C=O) groups excluding carboxylic acids is 6. The Bertz CT molecular complexity index is 1080. The fourth-order valence-electron chi connectivity index (χ4n) is 3.91. The van der Waals surface area contributed by atoms with Crippen LogP contribution in [0.2, 0.25) is 0 Å². The fraction of sp³-hybridized carbons (Fsp3) is 0.636. The van der Waals surface area contributed by atoms with E-state index in [0.29, 0.717) is 44.1 Å². The Balaban J connectivity index is 2.65. The van der Waals surface area contributed by atoms with Crippen LogP contribution in [0.25, 0.3) is 0 Å². The van der Waals surface area contributed by atoms with Crippen molar-refractivity contribution < 1.29 is 61.9 Å². The zero-order valence-electron chi connectivity index (χ0n) is 27.2. The molecule has 0 aromatic carbocycles. The van der Waals surface area contributed by atoms with Crippen molar-refractivity contribution >= 4 is 36.1 Å². The lowest BCUT2D eigenvalue weighted by atomic mass is 10.0. The van der Waals surface area contributed by atoms with Crippen LogP contribution in [0.5, 0.6) is 0 Å². The average Bonchev–Trinajstić information content (AvgIpc) is 3.00. The molecule has 0 bridgehead atoms. The van der Waals surface area contributed by atoms with Crippen LogP contribution in [0.4, 0.5) is 0 Å². The number of ether oxygens (including phenoxy) is 7. The molecule has 0 spiro atoms. The lowest BCUT2D eigenvalue weighted by molar-refractivity contribution is -0.232. The minimum atomic E-state index is -0.965. The van der Waals surface area contributed by atoms with E-state index in [9.17, 15) is 28.8 Å². The van der Waals surface area contributed by atoms with E-state index in [1.807, 2.05) is 0 Å². The first-order valence-corrected chi connectivity index (χ1v) is 15.4. The van der Waals surface area contributed by atoms with Crippen molar-refractivity contribution in [3.8, 4) is 0 Å². The Hall–Kier alpha value is -3.84. The second kappa shape index (κ2) is 22.6. The van der Waals surface area contributed by atoms with Gasteiger partial charge >= 0.3 is 29.8 Å². The molecular formula is C33H48O13. The van der Waals surface area contributed by atoms with E-state index in [1.54, 1.807) is 20.8 Å². The van der Waals surface area contributed by atoms with Crippen molar-refractivity contribution in [2.45, 2.75) is 97.1 Å². The summed E-state index contributed by atoms with van der Waals surface area (Å²) >= 11 is 0. The molecule has 46 heavy (non-hydrogen) atoms. The molecule has 0 radical (unpaired) electrons. The number of esters is 5. The van der Waals surface area contributed by atoms with Crippen molar-refractivity contribution in [3.63, 3.8) is 0 Å². The molecule has 0 N–H and O–H groups in total. The van der Waals surface area contributed by atoms with Crippen molar-refractivity contribution in [1.29, 1.82) is 0 Å². The Labute approximate surface area is 270 Å². The smallest absolute Gasteiger partial charge is 0.333 e. The molecule has 0 amide bonds. The molecule has 1 heterocycles. The highest BCUT2D eigenvalue weighted by Crippen LogP contribution is 2.23. The second-order valence-corrected chi connectivity index (χ2v) is 11.1. The van der Waals surface area contributed by atoms with Gasteiger partial charge in [0.1, 0.15) is 12.4 Å². The predicted molar refractivity (Wildman–Crippen MR) is 164 cm³/mol. The molecule has 1 saturated heterocycles. The van der Waals surface area contributed by atoms with Gasteiger partial charge in [0.25, 0.3) is 0 Å². The lowest BCUT2D eigenvalue weighted by Gasteiger charge is -2.35. The molecule has 1 aliphatic rings. The van der Waals surface area contributed by atoms with Crippen LogP contribution >= 0.6 is 0 Å². The largest absolute Gasteiger partial charge is 0.462 e. The summed E-state index contributed by atoms with van der Waals surface area (Å²) < 4.78 is 37.8. The first-order chi connectivity index (χ1) is 21.8. The Morgan fingerprint density at radius 1 is 0.717 bits per heavy atom. The summed E-state index contributed by atoms with van der Waals surface area (Å²) in [6.45, 7) is 15.5. The van der Waals surface area contributed by atoms with Crippen molar-refractivity contribution in [3.05, 3.63) is 36.5 Å². The van der Waals surface area contributed by atoms with Gasteiger partial charge in [-0.05, 0) is 59.3 Å². The molecule has 13 nitrogen and oxygen atoms in total. The van der Waals surface area contributed by atoms with Crippen LogP contribution in [0.3, 0.4) is 0 Å². The van der Waals surface area contributed by atoms with E-state index >= 15 is 0 Å². The molecule has 1 rings (SSSR count). The van der Waals surface area contributed by atoms with E-state index in [0.717, 1.165) is 6.29 Å².